The fourth-order valence-electron chi connectivity index (χ4n) is 0.458. The summed E-state index contributed by atoms with van der Waals surface area (Å²) < 4.78 is 0. The Labute approximate surface area is 72.9 Å². The minimum absolute atomic E-state index is 0.334. The SMILES string of the molecule is C=C(COOCC)COOCC. The van der Waals surface area contributed by atoms with E-state index in [4.69, 9.17) is 9.78 Å². The smallest absolute Gasteiger partial charge is 0.105 e. The topological polar surface area (TPSA) is 36.9 Å². The molecule has 0 aliphatic rings. The van der Waals surface area contributed by atoms with E-state index in [-0.39, 0.29) is 0 Å². The van der Waals surface area contributed by atoms with Crippen LogP contribution in [0.2, 0.25) is 0 Å². The summed E-state index contributed by atoms with van der Waals surface area (Å²) in [4.78, 5) is 18.8. The van der Waals surface area contributed by atoms with Gasteiger partial charge in [0.05, 0.1) is 13.2 Å². The molecule has 0 saturated heterocycles. The van der Waals surface area contributed by atoms with Gasteiger partial charge in [-0.1, -0.05) is 6.58 Å². The normalized spacial score (nSPS) is 10.2. The molecular weight excluding hydrogens is 160 g/mol. The van der Waals surface area contributed by atoms with Crippen molar-refractivity contribution in [2.45, 2.75) is 13.8 Å². The van der Waals surface area contributed by atoms with Gasteiger partial charge in [0.15, 0.2) is 0 Å². The molecule has 4 heteroatoms. The fraction of sp³-hybridized carbons (Fsp3) is 0.750. The number of rotatable bonds is 8. The van der Waals surface area contributed by atoms with E-state index in [1.165, 1.54) is 0 Å². The van der Waals surface area contributed by atoms with E-state index in [1.807, 2.05) is 13.8 Å². The Morgan fingerprint density at radius 3 is 1.67 bits per heavy atom. The molecule has 0 aromatic heterocycles. The van der Waals surface area contributed by atoms with Crippen LogP contribution in [0.1, 0.15) is 13.8 Å². The van der Waals surface area contributed by atoms with Crippen LogP contribution in [0.5, 0.6) is 0 Å². The van der Waals surface area contributed by atoms with E-state index in [2.05, 4.69) is 16.4 Å². The third-order valence-electron chi connectivity index (χ3n) is 0.928. The minimum atomic E-state index is 0.334. The lowest BCUT2D eigenvalue weighted by molar-refractivity contribution is -0.299. The molecule has 0 fully saturated rings. The van der Waals surface area contributed by atoms with Crippen LogP contribution >= 0.6 is 0 Å². The highest BCUT2D eigenvalue weighted by molar-refractivity contribution is 4.93. The summed E-state index contributed by atoms with van der Waals surface area (Å²) in [6.45, 7) is 9.10. The third kappa shape index (κ3) is 7.68. The van der Waals surface area contributed by atoms with Crippen molar-refractivity contribution in [3.63, 3.8) is 0 Å². The van der Waals surface area contributed by atoms with E-state index in [1.54, 1.807) is 0 Å². The van der Waals surface area contributed by atoms with Crippen molar-refractivity contribution in [1.29, 1.82) is 0 Å². The molecule has 0 heterocycles. The van der Waals surface area contributed by atoms with Gasteiger partial charge in [0.2, 0.25) is 0 Å². The molecule has 12 heavy (non-hydrogen) atoms. The van der Waals surface area contributed by atoms with Gasteiger partial charge < -0.3 is 0 Å². The van der Waals surface area contributed by atoms with Crippen LogP contribution in [0.4, 0.5) is 0 Å². The second-order valence-electron chi connectivity index (χ2n) is 2.09. The predicted molar refractivity (Wildman–Crippen MR) is 44.3 cm³/mol. The average molecular weight is 176 g/mol. The largest absolute Gasteiger partial charge is 0.237 e. The Morgan fingerprint density at radius 1 is 0.917 bits per heavy atom. The predicted octanol–water partition coefficient (Wildman–Crippen LogP) is 1.48. The highest BCUT2D eigenvalue weighted by Gasteiger charge is 1.95. The molecule has 0 aromatic rings. The number of hydrogen-bond donors (Lipinski definition) is 0. The first-order valence-electron chi connectivity index (χ1n) is 3.96. The van der Waals surface area contributed by atoms with Crippen molar-refractivity contribution in [2.24, 2.45) is 0 Å². The van der Waals surface area contributed by atoms with E-state index in [0.717, 1.165) is 5.57 Å². The summed E-state index contributed by atoms with van der Waals surface area (Å²) in [7, 11) is 0. The Balaban J connectivity index is 3.10. The molecule has 0 bridgehead atoms. The van der Waals surface area contributed by atoms with Crippen LogP contribution in [-0.2, 0) is 19.6 Å². The van der Waals surface area contributed by atoms with Crippen molar-refractivity contribution in [3.05, 3.63) is 12.2 Å². The van der Waals surface area contributed by atoms with Crippen LogP contribution in [0.25, 0.3) is 0 Å². The van der Waals surface area contributed by atoms with Crippen LogP contribution < -0.4 is 0 Å². The van der Waals surface area contributed by atoms with Gasteiger partial charge in [0, 0.05) is 0 Å². The Bertz CT molecular complexity index is 102. The Morgan fingerprint density at radius 2 is 1.33 bits per heavy atom. The molecule has 0 radical (unpaired) electrons. The highest BCUT2D eigenvalue weighted by atomic mass is 17.2. The summed E-state index contributed by atoms with van der Waals surface area (Å²) in [6.07, 6.45) is 0. The first-order chi connectivity index (χ1) is 5.81. The standard InChI is InChI=1S/C8H16O4/c1-4-9-11-6-8(3)7-12-10-5-2/h3-7H2,1-2H3. The lowest BCUT2D eigenvalue weighted by Crippen LogP contribution is -2.05. The zero-order valence-electron chi connectivity index (χ0n) is 7.67. The molecule has 72 valence electrons. The molecule has 0 amide bonds. The quantitative estimate of drug-likeness (QED) is 0.243. The second kappa shape index (κ2) is 8.67. The molecule has 0 N–H and O–H groups in total. The molecule has 0 aliphatic carbocycles. The van der Waals surface area contributed by atoms with Gasteiger partial charge in [-0.15, -0.1) is 0 Å². The maximum absolute atomic E-state index is 4.74. The van der Waals surface area contributed by atoms with Crippen molar-refractivity contribution in [2.75, 3.05) is 26.4 Å². The first-order valence-corrected chi connectivity index (χ1v) is 3.96. The van der Waals surface area contributed by atoms with Gasteiger partial charge in [-0.3, -0.25) is 0 Å². The zero-order chi connectivity index (χ0) is 9.23. The Hall–Kier alpha value is -0.420. The maximum atomic E-state index is 4.74. The third-order valence-corrected chi connectivity index (χ3v) is 0.928. The highest BCUT2D eigenvalue weighted by Crippen LogP contribution is 1.94. The molecule has 0 atom stereocenters. The van der Waals surface area contributed by atoms with Crippen LogP contribution in [0, 0.1) is 0 Å². The van der Waals surface area contributed by atoms with Gasteiger partial charge in [0.1, 0.15) is 13.2 Å². The zero-order valence-corrected chi connectivity index (χ0v) is 7.67. The minimum Gasteiger partial charge on any atom is -0.237 e. The van der Waals surface area contributed by atoms with Crippen molar-refractivity contribution >= 4 is 0 Å². The molecule has 0 spiro atoms. The monoisotopic (exact) mass is 176 g/mol. The molecule has 0 saturated carbocycles. The first kappa shape index (κ1) is 11.6. The molecule has 4 nitrogen and oxygen atoms in total. The lowest BCUT2D eigenvalue weighted by atomic mass is 10.4. The summed E-state index contributed by atoms with van der Waals surface area (Å²) in [5.41, 5.74) is 0.775. The van der Waals surface area contributed by atoms with E-state index in [0.29, 0.717) is 26.4 Å². The van der Waals surface area contributed by atoms with Gasteiger partial charge >= 0.3 is 0 Å². The van der Waals surface area contributed by atoms with Crippen molar-refractivity contribution in [3.8, 4) is 0 Å². The molecular formula is C8H16O4. The van der Waals surface area contributed by atoms with Gasteiger partial charge in [-0.2, -0.15) is 0 Å². The second-order valence-corrected chi connectivity index (χ2v) is 2.09. The molecule has 0 rings (SSSR count). The molecule has 0 aliphatic heterocycles. The lowest BCUT2D eigenvalue weighted by Gasteiger charge is -2.05. The van der Waals surface area contributed by atoms with Gasteiger partial charge in [0.25, 0.3) is 0 Å². The van der Waals surface area contributed by atoms with Crippen LogP contribution in [0.3, 0.4) is 0 Å². The van der Waals surface area contributed by atoms with E-state index in [9.17, 15) is 0 Å². The van der Waals surface area contributed by atoms with Gasteiger partial charge in [-0.25, -0.2) is 19.6 Å². The fourth-order valence-corrected chi connectivity index (χ4v) is 0.458. The van der Waals surface area contributed by atoms with E-state index >= 15 is 0 Å². The summed E-state index contributed by atoms with van der Waals surface area (Å²) >= 11 is 0. The van der Waals surface area contributed by atoms with Crippen LogP contribution in [-0.4, -0.2) is 26.4 Å². The molecule has 0 aromatic carbocycles. The van der Waals surface area contributed by atoms with Crippen molar-refractivity contribution < 1.29 is 19.6 Å². The Kier molecular flexibility index (Phi) is 8.37. The van der Waals surface area contributed by atoms with E-state index < -0.39 is 0 Å². The van der Waals surface area contributed by atoms with Gasteiger partial charge in [-0.05, 0) is 19.4 Å². The summed E-state index contributed by atoms with van der Waals surface area (Å²) in [5, 5.41) is 0. The maximum Gasteiger partial charge on any atom is 0.105 e. The average Bonchev–Trinajstić information content (AvgIpc) is 2.06. The summed E-state index contributed by atoms with van der Waals surface area (Å²) in [5.74, 6) is 0. The van der Waals surface area contributed by atoms with Crippen LogP contribution in [0.15, 0.2) is 12.2 Å². The number of hydrogen-bond acceptors (Lipinski definition) is 4. The molecule has 0 unspecified atom stereocenters. The van der Waals surface area contributed by atoms with Crippen molar-refractivity contribution in [1.82, 2.24) is 0 Å². The summed E-state index contributed by atoms with van der Waals surface area (Å²) in [6, 6.07) is 0.